The van der Waals surface area contributed by atoms with E-state index in [1.807, 2.05) is 19.1 Å². The van der Waals surface area contributed by atoms with Crippen LogP contribution in [-0.2, 0) is 6.42 Å². The van der Waals surface area contributed by atoms with Crippen molar-refractivity contribution in [1.29, 1.82) is 0 Å². The first-order chi connectivity index (χ1) is 8.61. The van der Waals surface area contributed by atoms with E-state index in [4.69, 9.17) is 5.11 Å². The highest BCUT2D eigenvalue weighted by atomic mass is 79.9. The summed E-state index contributed by atoms with van der Waals surface area (Å²) in [7, 11) is 0. The Labute approximate surface area is 116 Å². The number of carbonyl (C=O) groups excluding carboxylic acids is 1. The maximum Gasteiger partial charge on any atom is 0.315 e. The molecule has 1 aromatic rings. The Bertz CT molecular complexity index is 368. The topological polar surface area (TPSA) is 61.4 Å². The second-order valence-electron chi connectivity index (χ2n) is 4.19. The van der Waals surface area contributed by atoms with Crippen LogP contribution in [0.1, 0.15) is 18.9 Å². The molecule has 0 aliphatic carbocycles. The lowest BCUT2D eigenvalue weighted by Crippen LogP contribution is -2.41. The summed E-state index contributed by atoms with van der Waals surface area (Å²) in [5.74, 6) is 0. The summed E-state index contributed by atoms with van der Waals surface area (Å²) < 4.78 is 1.07. The number of aliphatic hydroxyl groups excluding tert-OH is 1. The van der Waals surface area contributed by atoms with Crippen molar-refractivity contribution < 1.29 is 9.90 Å². The maximum atomic E-state index is 11.3. The number of amides is 2. The lowest BCUT2D eigenvalue weighted by Gasteiger charge is -2.14. The third-order valence-corrected chi connectivity index (χ3v) is 3.08. The Morgan fingerprint density at radius 3 is 2.67 bits per heavy atom. The molecule has 0 spiro atoms. The molecule has 4 nitrogen and oxygen atoms in total. The normalized spacial score (nSPS) is 11.9. The molecule has 0 radical (unpaired) electrons. The number of aryl methyl sites for hydroxylation is 1. The van der Waals surface area contributed by atoms with Crippen molar-refractivity contribution in [1.82, 2.24) is 10.6 Å². The van der Waals surface area contributed by atoms with Crippen molar-refractivity contribution in [3.8, 4) is 0 Å². The van der Waals surface area contributed by atoms with Gasteiger partial charge in [0.1, 0.15) is 0 Å². The Hall–Kier alpha value is -1.07. The number of carbonyl (C=O) groups is 1. The fourth-order valence-corrected chi connectivity index (χ4v) is 1.82. The van der Waals surface area contributed by atoms with Crippen LogP contribution in [0, 0.1) is 0 Å². The quantitative estimate of drug-likeness (QED) is 0.752. The Morgan fingerprint density at radius 1 is 1.39 bits per heavy atom. The largest absolute Gasteiger partial charge is 0.395 e. The van der Waals surface area contributed by atoms with Crippen LogP contribution in [0.5, 0.6) is 0 Å². The van der Waals surface area contributed by atoms with Gasteiger partial charge in [-0.1, -0.05) is 28.1 Å². The molecule has 0 fully saturated rings. The molecule has 0 bridgehead atoms. The first-order valence-electron chi connectivity index (χ1n) is 6.01. The summed E-state index contributed by atoms with van der Waals surface area (Å²) in [5.41, 5.74) is 1.25. The van der Waals surface area contributed by atoms with Crippen molar-refractivity contribution in [2.45, 2.75) is 25.8 Å². The van der Waals surface area contributed by atoms with E-state index in [0.29, 0.717) is 0 Å². The van der Waals surface area contributed by atoms with Gasteiger partial charge in [-0.2, -0.15) is 0 Å². The number of rotatable bonds is 6. The zero-order chi connectivity index (χ0) is 13.4. The average molecular weight is 315 g/mol. The number of aliphatic hydroxyl groups is 1. The second-order valence-corrected chi connectivity index (χ2v) is 5.11. The maximum absolute atomic E-state index is 11.3. The molecule has 5 heteroatoms. The SMILES string of the molecule is CC(CCc1ccc(Br)cc1)NC(=O)NCCO. The van der Waals surface area contributed by atoms with Crippen LogP contribution in [0.3, 0.4) is 0 Å². The predicted octanol–water partition coefficient (Wildman–Crippen LogP) is 2.06. The fourth-order valence-electron chi connectivity index (χ4n) is 1.55. The summed E-state index contributed by atoms with van der Waals surface area (Å²) in [5, 5.41) is 14.0. The average Bonchev–Trinajstić information content (AvgIpc) is 2.35. The molecule has 1 atom stereocenters. The standard InChI is InChI=1S/C13H19BrN2O2/c1-10(16-13(18)15-8-9-17)2-3-11-4-6-12(14)7-5-11/h4-7,10,17H,2-3,8-9H2,1H3,(H2,15,16,18). The first kappa shape index (κ1) is 15.0. The second kappa shape index (κ2) is 8.11. The van der Waals surface area contributed by atoms with Gasteiger partial charge in [0.2, 0.25) is 0 Å². The molecule has 0 aromatic heterocycles. The monoisotopic (exact) mass is 314 g/mol. The molecule has 0 saturated heterocycles. The van der Waals surface area contributed by atoms with Crippen molar-refractivity contribution in [2.75, 3.05) is 13.2 Å². The van der Waals surface area contributed by atoms with Gasteiger partial charge in [0, 0.05) is 17.1 Å². The zero-order valence-electron chi connectivity index (χ0n) is 10.4. The van der Waals surface area contributed by atoms with E-state index in [1.165, 1.54) is 5.56 Å². The number of hydrogen-bond acceptors (Lipinski definition) is 2. The van der Waals surface area contributed by atoms with Crippen molar-refractivity contribution in [2.24, 2.45) is 0 Å². The van der Waals surface area contributed by atoms with Crippen LogP contribution in [0.4, 0.5) is 4.79 Å². The Kier molecular flexibility index (Phi) is 6.75. The van der Waals surface area contributed by atoms with E-state index in [0.717, 1.165) is 17.3 Å². The molecule has 1 aromatic carbocycles. The van der Waals surface area contributed by atoms with Gasteiger partial charge in [0.15, 0.2) is 0 Å². The molecule has 2 amide bonds. The molecule has 0 saturated carbocycles. The first-order valence-corrected chi connectivity index (χ1v) is 6.81. The molecule has 3 N–H and O–H groups in total. The van der Waals surface area contributed by atoms with E-state index in [9.17, 15) is 4.79 Å². The molecular formula is C13H19BrN2O2. The van der Waals surface area contributed by atoms with E-state index in [1.54, 1.807) is 0 Å². The third-order valence-electron chi connectivity index (χ3n) is 2.55. The summed E-state index contributed by atoms with van der Waals surface area (Å²) in [6.07, 6.45) is 1.81. The molecular weight excluding hydrogens is 296 g/mol. The smallest absolute Gasteiger partial charge is 0.315 e. The summed E-state index contributed by atoms with van der Waals surface area (Å²) in [4.78, 5) is 11.3. The van der Waals surface area contributed by atoms with Gasteiger partial charge in [-0.3, -0.25) is 0 Å². The number of nitrogens with one attached hydrogen (secondary N) is 2. The molecule has 0 heterocycles. The summed E-state index contributed by atoms with van der Waals surface area (Å²) in [6.45, 7) is 2.21. The minimum Gasteiger partial charge on any atom is -0.395 e. The van der Waals surface area contributed by atoms with Gasteiger partial charge < -0.3 is 15.7 Å². The summed E-state index contributed by atoms with van der Waals surface area (Å²) in [6, 6.07) is 8.05. The van der Waals surface area contributed by atoms with Crippen molar-refractivity contribution in [3.05, 3.63) is 34.3 Å². The van der Waals surface area contributed by atoms with Gasteiger partial charge in [-0.15, -0.1) is 0 Å². The van der Waals surface area contributed by atoms with Gasteiger partial charge >= 0.3 is 6.03 Å². The molecule has 0 aliphatic heterocycles. The van der Waals surface area contributed by atoms with Gasteiger partial charge in [-0.05, 0) is 37.5 Å². The highest BCUT2D eigenvalue weighted by Crippen LogP contribution is 2.12. The fraction of sp³-hybridized carbons (Fsp3) is 0.462. The third kappa shape index (κ3) is 6.02. The predicted molar refractivity (Wildman–Crippen MR) is 75.5 cm³/mol. The van der Waals surface area contributed by atoms with Crippen LogP contribution < -0.4 is 10.6 Å². The van der Waals surface area contributed by atoms with Crippen molar-refractivity contribution >= 4 is 22.0 Å². The Balaban J connectivity index is 2.26. The summed E-state index contributed by atoms with van der Waals surface area (Å²) >= 11 is 3.40. The van der Waals surface area contributed by atoms with Crippen LogP contribution in [0.2, 0.25) is 0 Å². The molecule has 1 rings (SSSR count). The number of hydrogen-bond donors (Lipinski definition) is 3. The van der Waals surface area contributed by atoms with Crippen LogP contribution >= 0.6 is 15.9 Å². The van der Waals surface area contributed by atoms with Gasteiger partial charge in [0.25, 0.3) is 0 Å². The van der Waals surface area contributed by atoms with E-state index in [2.05, 4.69) is 38.7 Å². The van der Waals surface area contributed by atoms with Gasteiger partial charge in [0.05, 0.1) is 6.61 Å². The lowest BCUT2D eigenvalue weighted by molar-refractivity contribution is 0.231. The Morgan fingerprint density at radius 2 is 2.06 bits per heavy atom. The number of benzene rings is 1. The zero-order valence-corrected chi connectivity index (χ0v) is 12.0. The van der Waals surface area contributed by atoms with Crippen molar-refractivity contribution in [3.63, 3.8) is 0 Å². The lowest BCUT2D eigenvalue weighted by atomic mass is 10.1. The minimum atomic E-state index is -0.229. The molecule has 1 unspecified atom stereocenters. The van der Waals surface area contributed by atoms with Crippen LogP contribution in [0.25, 0.3) is 0 Å². The van der Waals surface area contributed by atoms with Gasteiger partial charge in [-0.25, -0.2) is 4.79 Å². The van der Waals surface area contributed by atoms with E-state index < -0.39 is 0 Å². The van der Waals surface area contributed by atoms with E-state index in [-0.39, 0.29) is 25.2 Å². The number of halogens is 1. The highest BCUT2D eigenvalue weighted by Gasteiger charge is 2.06. The molecule has 0 aliphatic rings. The van der Waals surface area contributed by atoms with Crippen LogP contribution in [0.15, 0.2) is 28.7 Å². The molecule has 100 valence electrons. The number of urea groups is 1. The minimum absolute atomic E-state index is 0.0410. The van der Waals surface area contributed by atoms with Crippen LogP contribution in [-0.4, -0.2) is 30.3 Å². The molecule has 18 heavy (non-hydrogen) atoms. The highest BCUT2D eigenvalue weighted by molar-refractivity contribution is 9.10. The van der Waals surface area contributed by atoms with E-state index >= 15 is 0 Å².